The van der Waals surface area contributed by atoms with Gasteiger partial charge in [-0.3, -0.25) is 9.59 Å². The summed E-state index contributed by atoms with van der Waals surface area (Å²) >= 11 is 0. The van der Waals surface area contributed by atoms with Crippen LogP contribution in [0, 0.1) is 5.92 Å². The summed E-state index contributed by atoms with van der Waals surface area (Å²) in [6.45, 7) is 0.474. The average Bonchev–Trinajstić information content (AvgIpc) is 3.39. The second-order valence-corrected chi connectivity index (χ2v) is 6.74. The Balaban J connectivity index is 1.74. The highest BCUT2D eigenvalue weighted by molar-refractivity contribution is 5.86. The highest BCUT2D eigenvalue weighted by Gasteiger charge is 2.49. The molecule has 1 aromatic rings. The van der Waals surface area contributed by atoms with Crippen LogP contribution in [0.2, 0.25) is 0 Å². The third-order valence-electron chi connectivity index (χ3n) is 4.87. The van der Waals surface area contributed by atoms with Crippen molar-refractivity contribution in [2.24, 2.45) is 5.92 Å². The molecule has 0 spiro atoms. The fraction of sp³-hybridized carbons (Fsp3) is 0.556. The van der Waals surface area contributed by atoms with Crippen LogP contribution in [-0.4, -0.2) is 54.0 Å². The molecule has 0 bridgehead atoms. The van der Waals surface area contributed by atoms with Gasteiger partial charge in [0.05, 0.1) is 0 Å². The molecule has 9 heteroatoms. The van der Waals surface area contributed by atoms with Crippen LogP contribution in [0.5, 0.6) is 5.75 Å². The molecule has 1 aliphatic heterocycles. The topological polar surface area (TPSA) is 76.1 Å². The van der Waals surface area contributed by atoms with Gasteiger partial charge in [-0.1, -0.05) is 18.2 Å². The Morgan fingerprint density at radius 3 is 2.52 bits per heavy atom. The zero-order chi connectivity index (χ0) is 19.6. The summed E-state index contributed by atoms with van der Waals surface area (Å²) in [6, 6.07) is 5.52. The van der Waals surface area contributed by atoms with Gasteiger partial charge in [-0.25, -0.2) is 0 Å². The van der Waals surface area contributed by atoms with E-state index < -0.39 is 30.7 Å². The Bertz CT molecular complexity index is 702. The van der Waals surface area contributed by atoms with Crippen LogP contribution in [0.25, 0.3) is 0 Å². The number of ether oxygens (including phenoxy) is 2. The van der Waals surface area contributed by atoms with Gasteiger partial charge in [-0.05, 0) is 36.8 Å². The summed E-state index contributed by atoms with van der Waals surface area (Å²) in [5, 5.41) is 9.15. The molecule has 1 saturated heterocycles. The van der Waals surface area contributed by atoms with Crippen molar-refractivity contribution in [3.05, 3.63) is 29.8 Å². The zero-order valence-electron chi connectivity index (χ0n) is 14.4. The second kappa shape index (κ2) is 7.75. The maximum Gasteiger partial charge on any atom is 0.573 e. The molecular formula is C18H20F3NO5. The standard InChI is InChI=1S/C18H20F3NO5/c19-18(20,21)27-15-4-2-1-3-12(15)13-9-14(13)17(25)22(10-16(23)24)11-5-7-26-8-6-11/h1-4,11,13-14H,5-10H2,(H,23,24)/t13-,14-/m1/s1. The number of rotatable bonds is 6. The predicted octanol–water partition coefficient (Wildman–Crippen LogP) is 2.78. The summed E-state index contributed by atoms with van der Waals surface area (Å²) in [4.78, 5) is 25.4. The second-order valence-electron chi connectivity index (χ2n) is 6.74. The lowest BCUT2D eigenvalue weighted by Gasteiger charge is -2.33. The van der Waals surface area contributed by atoms with Gasteiger partial charge in [0.25, 0.3) is 0 Å². The number of amides is 1. The third kappa shape index (κ3) is 4.91. The Labute approximate surface area is 153 Å². The third-order valence-corrected chi connectivity index (χ3v) is 4.87. The minimum atomic E-state index is -4.82. The van der Waals surface area contributed by atoms with Crippen molar-refractivity contribution in [2.45, 2.75) is 37.6 Å². The minimum absolute atomic E-state index is 0.231. The first kappa shape index (κ1) is 19.5. The molecular weight excluding hydrogens is 367 g/mol. The number of benzene rings is 1. The van der Waals surface area contributed by atoms with E-state index in [1.54, 1.807) is 6.07 Å². The quantitative estimate of drug-likeness (QED) is 0.812. The predicted molar refractivity (Wildman–Crippen MR) is 87.2 cm³/mol. The SMILES string of the molecule is O=C(O)CN(C(=O)[C@@H]1C[C@@H]1c1ccccc1OC(F)(F)F)C1CCOCC1. The molecule has 3 rings (SSSR count). The van der Waals surface area contributed by atoms with Crippen LogP contribution >= 0.6 is 0 Å². The smallest absolute Gasteiger partial charge is 0.480 e. The molecule has 1 amide bonds. The van der Waals surface area contributed by atoms with E-state index in [9.17, 15) is 22.8 Å². The Morgan fingerprint density at radius 2 is 1.89 bits per heavy atom. The molecule has 1 N–H and O–H groups in total. The molecule has 27 heavy (non-hydrogen) atoms. The van der Waals surface area contributed by atoms with E-state index in [-0.39, 0.29) is 17.7 Å². The first-order chi connectivity index (χ1) is 12.8. The van der Waals surface area contributed by atoms with Crippen LogP contribution in [-0.2, 0) is 14.3 Å². The molecule has 1 heterocycles. The number of carboxylic acids is 1. The number of aliphatic carboxylic acids is 1. The van der Waals surface area contributed by atoms with Crippen LogP contribution < -0.4 is 4.74 Å². The van der Waals surface area contributed by atoms with Crippen LogP contribution in [0.15, 0.2) is 24.3 Å². The van der Waals surface area contributed by atoms with Crippen molar-refractivity contribution in [1.82, 2.24) is 4.90 Å². The number of hydrogen-bond donors (Lipinski definition) is 1. The van der Waals surface area contributed by atoms with E-state index in [0.717, 1.165) is 0 Å². The number of hydrogen-bond acceptors (Lipinski definition) is 4. The number of carbonyl (C=O) groups excluding carboxylic acids is 1. The number of carboxylic acid groups (broad SMARTS) is 1. The highest BCUT2D eigenvalue weighted by Crippen LogP contribution is 2.52. The lowest BCUT2D eigenvalue weighted by molar-refractivity contribution is -0.274. The summed E-state index contributed by atoms with van der Waals surface area (Å²) in [5.41, 5.74) is 0.315. The number of nitrogens with zero attached hydrogens (tertiary/aromatic N) is 1. The van der Waals surface area contributed by atoms with Gasteiger partial charge in [0.15, 0.2) is 0 Å². The van der Waals surface area contributed by atoms with E-state index >= 15 is 0 Å². The molecule has 2 aliphatic rings. The van der Waals surface area contributed by atoms with Crippen LogP contribution in [0.1, 0.15) is 30.7 Å². The van der Waals surface area contributed by atoms with E-state index in [4.69, 9.17) is 9.84 Å². The van der Waals surface area contributed by atoms with E-state index in [0.29, 0.717) is 38.0 Å². The lowest BCUT2D eigenvalue weighted by atomic mass is 10.0. The van der Waals surface area contributed by atoms with Crippen molar-refractivity contribution in [3.8, 4) is 5.75 Å². The zero-order valence-corrected chi connectivity index (χ0v) is 14.4. The molecule has 0 radical (unpaired) electrons. The maximum atomic E-state index is 12.9. The van der Waals surface area contributed by atoms with Gasteiger partial charge in [-0.2, -0.15) is 0 Å². The summed E-state index contributed by atoms with van der Waals surface area (Å²) < 4.78 is 47.1. The Kier molecular flexibility index (Phi) is 5.59. The first-order valence-corrected chi connectivity index (χ1v) is 8.71. The number of para-hydroxylation sites is 1. The van der Waals surface area contributed by atoms with Gasteiger partial charge in [-0.15, -0.1) is 13.2 Å². The fourth-order valence-corrected chi connectivity index (χ4v) is 3.56. The molecule has 1 aliphatic carbocycles. The van der Waals surface area contributed by atoms with Crippen LogP contribution in [0.4, 0.5) is 13.2 Å². The molecule has 0 aromatic heterocycles. The summed E-state index contributed by atoms with van der Waals surface area (Å²) in [6.07, 6.45) is -3.35. The molecule has 2 atom stereocenters. The molecule has 1 aromatic carbocycles. The van der Waals surface area contributed by atoms with Gasteiger partial charge in [0.2, 0.25) is 5.91 Å². The van der Waals surface area contributed by atoms with E-state index in [1.165, 1.54) is 23.1 Å². The van der Waals surface area contributed by atoms with Crippen molar-refractivity contribution < 1.29 is 37.3 Å². The summed E-state index contributed by atoms with van der Waals surface area (Å²) in [7, 11) is 0. The van der Waals surface area contributed by atoms with Gasteiger partial charge in [0, 0.05) is 25.2 Å². The lowest BCUT2D eigenvalue weighted by Crippen LogP contribution is -2.46. The van der Waals surface area contributed by atoms with Gasteiger partial charge < -0.3 is 19.5 Å². The van der Waals surface area contributed by atoms with Crippen molar-refractivity contribution in [2.75, 3.05) is 19.8 Å². The first-order valence-electron chi connectivity index (χ1n) is 8.71. The van der Waals surface area contributed by atoms with E-state index in [1.807, 2.05) is 0 Å². The summed E-state index contributed by atoms with van der Waals surface area (Å²) in [5.74, 6) is -2.72. The highest BCUT2D eigenvalue weighted by atomic mass is 19.4. The van der Waals surface area contributed by atoms with Crippen molar-refractivity contribution in [3.63, 3.8) is 0 Å². The largest absolute Gasteiger partial charge is 0.573 e. The number of halogens is 3. The molecule has 148 valence electrons. The minimum Gasteiger partial charge on any atom is -0.480 e. The van der Waals surface area contributed by atoms with Crippen molar-refractivity contribution in [1.29, 1.82) is 0 Å². The monoisotopic (exact) mass is 387 g/mol. The Morgan fingerprint density at radius 1 is 1.22 bits per heavy atom. The normalized spacial score (nSPS) is 22.9. The molecule has 2 fully saturated rings. The van der Waals surface area contributed by atoms with E-state index in [2.05, 4.69) is 4.74 Å². The van der Waals surface area contributed by atoms with Crippen molar-refractivity contribution >= 4 is 11.9 Å². The molecule has 1 saturated carbocycles. The maximum absolute atomic E-state index is 12.9. The number of carbonyl (C=O) groups is 2. The van der Waals surface area contributed by atoms with Gasteiger partial charge in [0.1, 0.15) is 12.3 Å². The molecule has 0 unspecified atom stereocenters. The fourth-order valence-electron chi connectivity index (χ4n) is 3.56. The Hall–Kier alpha value is -2.29. The molecule has 6 nitrogen and oxygen atoms in total. The van der Waals surface area contributed by atoms with Gasteiger partial charge >= 0.3 is 12.3 Å². The number of alkyl halides is 3. The van der Waals surface area contributed by atoms with Crippen LogP contribution in [0.3, 0.4) is 0 Å². The average molecular weight is 387 g/mol.